The third kappa shape index (κ3) is 3.04. The normalized spacial score (nSPS) is 12.4. The Morgan fingerprint density at radius 3 is 2.94 bits per heavy atom. The van der Waals surface area contributed by atoms with Gasteiger partial charge >= 0.3 is 0 Å². The quantitative estimate of drug-likeness (QED) is 0.901. The first-order chi connectivity index (χ1) is 8.70. The number of aryl methyl sites for hydroxylation is 1. The predicted octanol–water partition coefficient (Wildman–Crippen LogP) is 3.28. The summed E-state index contributed by atoms with van der Waals surface area (Å²) in [5, 5.41) is 7.25. The molecule has 0 aliphatic rings. The van der Waals surface area contributed by atoms with Crippen molar-refractivity contribution in [2.75, 3.05) is 5.32 Å². The second-order valence-electron chi connectivity index (χ2n) is 4.22. The van der Waals surface area contributed by atoms with Crippen LogP contribution in [0.2, 0.25) is 0 Å². The molecular formula is C13H16FN3S. The highest BCUT2D eigenvalue weighted by Gasteiger charge is 2.12. The van der Waals surface area contributed by atoms with Crippen LogP contribution in [-0.2, 0) is 12.8 Å². The smallest absolute Gasteiger partial charge is 0.186 e. The van der Waals surface area contributed by atoms with Crippen molar-refractivity contribution in [2.24, 2.45) is 0 Å². The van der Waals surface area contributed by atoms with Crippen LogP contribution in [0.5, 0.6) is 0 Å². The Bertz CT molecular complexity index is 499. The third-order valence-corrected chi connectivity index (χ3v) is 3.43. The van der Waals surface area contributed by atoms with E-state index >= 15 is 0 Å². The summed E-state index contributed by atoms with van der Waals surface area (Å²) in [6.45, 7) is 3.90. The summed E-state index contributed by atoms with van der Waals surface area (Å²) >= 11 is 1.67. The SMILES string of the molecule is CCc1ncnc(NC(C)Cc2ccsc2)c1F. The molecule has 0 amide bonds. The van der Waals surface area contributed by atoms with E-state index in [2.05, 4.69) is 26.7 Å². The van der Waals surface area contributed by atoms with Gasteiger partial charge < -0.3 is 5.32 Å². The lowest BCUT2D eigenvalue weighted by atomic mass is 10.1. The van der Waals surface area contributed by atoms with Gasteiger partial charge in [0.1, 0.15) is 6.33 Å². The Kier molecular flexibility index (Phi) is 4.25. The maximum absolute atomic E-state index is 13.9. The van der Waals surface area contributed by atoms with Crippen LogP contribution in [0.1, 0.15) is 25.1 Å². The van der Waals surface area contributed by atoms with E-state index in [0.29, 0.717) is 17.9 Å². The number of nitrogens with zero attached hydrogens (tertiary/aromatic N) is 2. The summed E-state index contributed by atoms with van der Waals surface area (Å²) in [6, 6.07) is 2.21. The summed E-state index contributed by atoms with van der Waals surface area (Å²) in [5.41, 5.74) is 1.71. The van der Waals surface area contributed by atoms with Crippen molar-refractivity contribution in [1.82, 2.24) is 9.97 Å². The summed E-state index contributed by atoms with van der Waals surface area (Å²) < 4.78 is 13.9. The Morgan fingerprint density at radius 2 is 2.28 bits per heavy atom. The van der Waals surface area contributed by atoms with Crippen molar-refractivity contribution in [1.29, 1.82) is 0 Å². The standard InChI is InChI=1S/C13H16FN3S/c1-3-11-12(14)13(16-8-15-11)17-9(2)6-10-4-5-18-7-10/h4-5,7-9H,3,6H2,1-2H3,(H,15,16,17). The molecule has 3 nitrogen and oxygen atoms in total. The highest BCUT2D eigenvalue weighted by molar-refractivity contribution is 7.07. The van der Waals surface area contributed by atoms with Gasteiger partial charge in [0.2, 0.25) is 0 Å². The Labute approximate surface area is 110 Å². The second-order valence-corrected chi connectivity index (χ2v) is 5.00. The molecule has 0 bridgehead atoms. The van der Waals surface area contributed by atoms with Gasteiger partial charge in [0, 0.05) is 6.04 Å². The van der Waals surface area contributed by atoms with Crippen LogP contribution in [0.4, 0.5) is 10.2 Å². The van der Waals surface area contributed by atoms with E-state index in [1.54, 1.807) is 11.3 Å². The molecule has 5 heteroatoms. The number of thiophene rings is 1. The van der Waals surface area contributed by atoms with Crippen LogP contribution in [0, 0.1) is 5.82 Å². The van der Waals surface area contributed by atoms with Crippen LogP contribution in [0.25, 0.3) is 0 Å². The van der Waals surface area contributed by atoms with Crippen molar-refractivity contribution in [3.8, 4) is 0 Å². The average molecular weight is 265 g/mol. The Morgan fingerprint density at radius 1 is 1.44 bits per heavy atom. The molecule has 0 saturated carbocycles. The van der Waals surface area contributed by atoms with Gasteiger partial charge in [-0.3, -0.25) is 0 Å². The molecule has 0 saturated heterocycles. The average Bonchev–Trinajstić information content (AvgIpc) is 2.84. The summed E-state index contributed by atoms with van der Waals surface area (Å²) in [4.78, 5) is 7.88. The van der Waals surface area contributed by atoms with E-state index in [1.807, 2.05) is 19.2 Å². The molecule has 96 valence electrons. The molecule has 0 aromatic carbocycles. The zero-order chi connectivity index (χ0) is 13.0. The van der Waals surface area contributed by atoms with Gasteiger partial charge in [-0.15, -0.1) is 0 Å². The van der Waals surface area contributed by atoms with Crippen molar-refractivity contribution < 1.29 is 4.39 Å². The van der Waals surface area contributed by atoms with E-state index in [9.17, 15) is 4.39 Å². The fourth-order valence-electron chi connectivity index (χ4n) is 1.80. The first kappa shape index (κ1) is 13.0. The van der Waals surface area contributed by atoms with Crippen molar-refractivity contribution in [2.45, 2.75) is 32.7 Å². The molecule has 1 N–H and O–H groups in total. The fraction of sp³-hybridized carbons (Fsp3) is 0.385. The van der Waals surface area contributed by atoms with Crippen LogP contribution in [0.3, 0.4) is 0 Å². The topological polar surface area (TPSA) is 37.8 Å². The minimum atomic E-state index is -0.336. The molecule has 2 aromatic rings. The highest BCUT2D eigenvalue weighted by Crippen LogP contribution is 2.16. The van der Waals surface area contributed by atoms with Crippen LogP contribution in [-0.4, -0.2) is 16.0 Å². The zero-order valence-electron chi connectivity index (χ0n) is 10.5. The largest absolute Gasteiger partial charge is 0.365 e. The molecule has 2 heterocycles. The van der Waals surface area contributed by atoms with Crippen molar-refractivity contribution in [3.05, 3.63) is 40.2 Å². The van der Waals surface area contributed by atoms with E-state index < -0.39 is 0 Å². The maximum atomic E-state index is 13.9. The molecule has 1 unspecified atom stereocenters. The van der Waals surface area contributed by atoms with Crippen LogP contribution < -0.4 is 5.32 Å². The molecule has 2 rings (SSSR count). The molecule has 0 fully saturated rings. The molecule has 1 atom stereocenters. The number of rotatable bonds is 5. The van der Waals surface area contributed by atoms with E-state index in [-0.39, 0.29) is 11.9 Å². The lowest BCUT2D eigenvalue weighted by Crippen LogP contribution is -2.20. The molecule has 2 aromatic heterocycles. The predicted molar refractivity (Wildman–Crippen MR) is 72.5 cm³/mol. The maximum Gasteiger partial charge on any atom is 0.186 e. The van der Waals surface area contributed by atoms with Crippen LogP contribution >= 0.6 is 11.3 Å². The summed E-state index contributed by atoms with van der Waals surface area (Å²) in [5.74, 6) is -0.0400. The molecule has 0 aliphatic carbocycles. The lowest BCUT2D eigenvalue weighted by molar-refractivity contribution is 0.592. The third-order valence-electron chi connectivity index (χ3n) is 2.70. The number of anilines is 1. The Balaban J connectivity index is 2.05. The second kappa shape index (κ2) is 5.91. The zero-order valence-corrected chi connectivity index (χ0v) is 11.3. The number of halogens is 1. The van der Waals surface area contributed by atoms with E-state index in [0.717, 1.165) is 6.42 Å². The first-order valence-corrected chi connectivity index (χ1v) is 6.92. The number of hydrogen-bond acceptors (Lipinski definition) is 4. The molecule has 0 spiro atoms. The molecular weight excluding hydrogens is 249 g/mol. The van der Waals surface area contributed by atoms with Gasteiger partial charge in [0.15, 0.2) is 11.6 Å². The van der Waals surface area contributed by atoms with Gasteiger partial charge in [0.05, 0.1) is 5.69 Å². The van der Waals surface area contributed by atoms with Gasteiger partial charge in [-0.25, -0.2) is 14.4 Å². The van der Waals surface area contributed by atoms with Crippen LogP contribution in [0.15, 0.2) is 23.2 Å². The first-order valence-electron chi connectivity index (χ1n) is 5.97. The van der Waals surface area contributed by atoms with Crippen molar-refractivity contribution in [3.63, 3.8) is 0 Å². The minimum Gasteiger partial charge on any atom is -0.365 e. The summed E-state index contributed by atoms with van der Waals surface area (Å²) in [7, 11) is 0. The molecule has 18 heavy (non-hydrogen) atoms. The Hall–Kier alpha value is -1.49. The highest BCUT2D eigenvalue weighted by atomic mass is 32.1. The van der Waals surface area contributed by atoms with E-state index in [1.165, 1.54) is 11.9 Å². The van der Waals surface area contributed by atoms with Gasteiger partial charge in [-0.05, 0) is 42.2 Å². The molecule has 0 radical (unpaired) electrons. The lowest BCUT2D eigenvalue weighted by Gasteiger charge is -2.14. The molecule has 0 aliphatic heterocycles. The van der Waals surface area contributed by atoms with E-state index in [4.69, 9.17) is 0 Å². The fourth-order valence-corrected chi connectivity index (χ4v) is 2.48. The van der Waals surface area contributed by atoms with Gasteiger partial charge in [-0.1, -0.05) is 6.92 Å². The van der Waals surface area contributed by atoms with Gasteiger partial charge in [-0.2, -0.15) is 11.3 Å². The number of nitrogens with one attached hydrogen (secondary N) is 1. The summed E-state index contributed by atoms with van der Waals surface area (Å²) in [6.07, 6.45) is 2.83. The monoisotopic (exact) mass is 265 g/mol. The van der Waals surface area contributed by atoms with Crippen molar-refractivity contribution >= 4 is 17.2 Å². The van der Waals surface area contributed by atoms with Gasteiger partial charge in [0.25, 0.3) is 0 Å². The number of hydrogen-bond donors (Lipinski definition) is 1. The minimum absolute atomic E-state index is 0.133. The number of aromatic nitrogens is 2.